The summed E-state index contributed by atoms with van der Waals surface area (Å²) in [5.74, 6) is 0.568. The standard InChI is InChI=1S/C25H32N6O2/c1-16-23(17(2)30-29-16)19-9-11-21(12-10-19)27-25(33)24(20-7-5-4-6-8-20)28-22(32)15-31-14-13-26-18(31)3/h9-14,20,24H,4-8,15H2,1-3H3,(H,27,33)(H,28,32)(H,29,30). The second-order valence-electron chi connectivity index (χ2n) is 8.92. The fourth-order valence-corrected chi connectivity index (χ4v) is 4.73. The summed E-state index contributed by atoms with van der Waals surface area (Å²) in [5, 5.41) is 13.3. The number of imidazole rings is 1. The highest BCUT2D eigenvalue weighted by Gasteiger charge is 2.31. The van der Waals surface area contributed by atoms with Crippen LogP contribution >= 0.6 is 0 Å². The lowest BCUT2D eigenvalue weighted by Crippen LogP contribution is -2.49. The van der Waals surface area contributed by atoms with Crippen molar-refractivity contribution >= 4 is 17.5 Å². The number of carbonyl (C=O) groups is 2. The fourth-order valence-electron chi connectivity index (χ4n) is 4.73. The fraction of sp³-hybridized carbons (Fsp3) is 0.440. The van der Waals surface area contributed by atoms with E-state index in [2.05, 4.69) is 25.8 Å². The lowest BCUT2D eigenvalue weighted by molar-refractivity contribution is -0.128. The zero-order chi connectivity index (χ0) is 23.4. The minimum absolute atomic E-state index is 0.141. The van der Waals surface area contributed by atoms with Crippen molar-refractivity contribution in [3.63, 3.8) is 0 Å². The van der Waals surface area contributed by atoms with Crippen LogP contribution in [-0.4, -0.2) is 37.6 Å². The minimum atomic E-state index is -0.556. The van der Waals surface area contributed by atoms with Gasteiger partial charge in [0.25, 0.3) is 0 Å². The van der Waals surface area contributed by atoms with E-state index in [1.807, 2.05) is 45.0 Å². The number of carbonyl (C=O) groups excluding carboxylic acids is 2. The van der Waals surface area contributed by atoms with Crippen LogP contribution in [0.5, 0.6) is 0 Å². The first-order chi connectivity index (χ1) is 15.9. The van der Waals surface area contributed by atoms with Gasteiger partial charge >= 0.3 is 0 Å². The topological polar surface area (TPSA) is 105 Å². The molecule has 1 aliphatic carbocycles. The molecule has 1 fully saturated rings. The van der Waals surface area contributed by atoms with E-state index in [1.165, 1.54) is 6.42 Å². The van der Waals surface area contributed by atoms with Gasteiger partial charge in [-0.25, -0.2) is 4.98 Å². The maximum Gasteiger partial charge on any atom is 0.247 e. The molecule has 0 bridgehead atoms. The number of benzene rings is 1. The maximum absolute atomic E-state index is 13.3. The first-order valence-electron chi connectivity index (χ1n) is 11.6. The largest absolute Gasteiger partial charge is 0.342 e. The van der Waals surface area contributed by atoms with Crippen molar-refractivity contribution in [2.75, 3.05) is 5.32 Å². The summed E-state index contributed by atoms with van der Waals surface area (Å²) in [7, 11) is 0. The van der Waals surface area contributed by atoms with E-state index in [4.69, 9.17) is 0 Å². The molecule has 3 aromatic rings. The van der Waals surface area contributed by atoms with Gasteiger partial charge in [0.1, 0.15) is 18.4 Å². The Morgan fingerprint density at radius 3 is 2.45 bits per heavy atom. The molecule has 2 amide bonds. The summed E-state index contributed by atoms with van der Waals surface area (Å²) in [6, 6.07) is 7.20. The van der Waals surface area contributed by atoms with Gasteiger partial charge < -0.3 is 15.2 Å². The van der Waals surface area contributed by atoms with Crippen molar-refractivity contribution < 1.29 is 9.59 Å². The third-order valence-corrected chi connectivity index (χ3v) is 6.53. The van der Waals surface area contributed by atoms with E-state index in [0.717, 1.165) is 54.0 Å². The van der Waals surface area contributed by atoms with Crippen LogP contribution in [0.1, 0.15) is 49.3 Å². The molecule has 0 spiro atoms. The van der Waals surface area contributed by atoms with Crippen LogP contribution in [0.25, 0.3) is 11.1 Å². The Bertz CT molecular complexity index is 1090. The van der Waals surface area contributed by atoms with Crippen LogP contribution < -0.4 is 10.6 Å². The highest BCUT2D eigenvalue weighted by Crippen LogP contribution is 2.29. The molecule has 33 heavy (non-hydrogen) atoms. The molecule has 2 aromatic heterocycles. The number of nitrogens with zero attached hydrogens (tertiary/aromatic N) is 3. The summed E-state index contributed by atoms with van der Waals surface area (Å²) < 4.78 is 1.78. The first-order valence-corrected chi connectivity index (χ1v) is 11.6. The van der Waals surface area contributed by atoms with Gasteiger partial charge in [0.15, 0.2) is 0 Å². The second-order valence-corrected chi connectivity index (χ2v) is 8.92. The van der Waals surface area contributed by atoms with Crippen molar-refractivity contribution in [2.24, 2.45) is 5.92 Å². The maximum atomic E-state index is 13.3. The lowest BCUT2D eigenvalue weighted by Gasteiger charge is -2.30. The Morgan fingerprint density at radius 2 is 1.85 bits per heavy atom. The quantitative estimate of drug-likeness (QED) is 0.510. The molecule has 4 rings (SSSR count). The molecule has 0 aliphatic heterocycles. The zero-order valence-corrected chi connectivity index (χ0v) is 19.5. The van der Waals surface area contributed by atoms with Crippen molar-refractivity contribution in [3.8, 4) is 11.1 Å². The highest BCUT2D eigenvalue weighted by atomic mass is 16.2. The number of H-pyrrole nitrogens is 1. The number of aromatic amines is 1. The Labute approximate surface area is 194 Å². The van der Waals surface area contributed by atoms with Crippen LogP contribution in [-0.2, 0) is 16.1 Å². The summed E-state index contributed by atoms with van der Waals surface area (Å²) >= 11 is 0. The number of aryl methyl sites for hydroxylation is 3. The predicted octanol–water partition coefficient (Wildman–Crippen LogP) is 3.90. The van der Waals surface area contributed by atoms with Crippen molar-refractivity contribution in [1.82, 2.24) is 25.1 Å². The molecular formula is C25H32N6O2. The SMILES string of the molecule is Cc1n[nH]c(C)c1-c1ccc(NC(=O)C(NC(=O)Cn2ccnc2C)C2CCCCC2)cc1. The van der Waals surface area contributed by atoms with Crippen LogP contribution in [0.2, 0.25) is 0 Å². The van der Waals surface area contributed by atoms with Gasteiger partial charge in [-0.15, -0.1) is 0 Å². The summed E-state index contributed by atoms with van der Waals surface area (Å²) in [5.41, 5.74) is 4.79. The molecule has 0 saturated heterocycles. The number of amides is 2. The Morgan fingerprint density at radius 1 is 1.12 bits per heavy atom. The molecule has 1 unspecified atom stereocenters. The predicted molar refractivity (Wildman–Crippen MR) is 128 cm³/mol. The number of nitrogens with one attached hydrogen (secondary N) is 3. The summed E-state index contributed by atoms with van der Waals surface area (Å²) in [6.07, 6.45) is 8.69. The van der Waals surface area contributed by atoms with Crippen molar-refractivity contribution in [1.29, 1.82) is 0 Å². The van der Waals surface area contributed by atoms with Gasteiger partial charge in [-0.05, 0) is 57.2 Å². The van der Waals surface area contributed by atoms with Gasteiger partial charge in [0.2, 0.25) is 11.8 Å². The Kier molecular flexibility index (Phi) is 6.91. The second kappa shape index (κ2) is 10.0. The minimum Gasteiger partial charge on any atom is -0.342 e. The van der Waals surface area contributed by atoms with Gasteiger partial charge in [0, 0.05) is 29.3 Å². The van der Waals surface area contributed by atoms with Crippen LogP contribution in [0.3, 0.4) is 0 Å². The smallest absolute Gasteiger partial charge is 0.247 e. The van der Waals surface area contributed by atoms with Crippen molar-refractivity contribution in [2.45, 2.75) is 65.5 Å². The normalized spacial score (nSPS) is 15.2. The van der Waals surface area contributed by atoms with Gasteiger partial charge in [-0.2, -0.15) is 5.10 Å². The lowest BCUT2D eigenvalue weighted by atomic mass is 9.83. The molecule has 1 atom stereocenters. The van der Waals surface area contributed by atoms with E-state index >= 15 is 0 Å². The third-order valence-electron chi connectivity index (χ3n) is 6.53. The zero-order valence-electron chi connectivity index (χ0n) is 19.5. The van der Waals surface area contributed by atoms with Gasteiger partial charge in [0.05, 0.1) is 5.69 Å². The molecule has 1 aliphatic rings. The van der Waals surface area contributed by atoms with E-state index in [9.17, 15) is 9.59 Å². The van der Waals surface area contributed by atoms with Gasteiger partial charge in [-0.3, -0.25) is 14.7 Å². The van der Waals surface area contributed by atoms with Crippen molar-refractivity contribution in [3.05, 3.63) is 53.9 Å². The molecule has 0 radical (unpaired) electrons. The van der Waals surface area contributed by atoms with Crippen LogP contribution in [0, 0.1) is 26.7 Å². The molecule has 1 saturated carbocycles. The summed E-state index contributed by atoms with van der Waals surface area (Å²) in [4.78, 5) is 30.2. The molecule has 174 valence electrons. The number of aromatic nitrogens is 4. The monoisotopic (exact) mass is 448 g/mol. The number of hydrogen-bond donors (Lipinski definition) is 3. The molecule has 8 nitrogen and oxygen atoms in total. The molecule has 8 heteroatoms. The number of anilines is 1. The molecular weight excluding hydrogens is 416 g/mol. The number of rotatable bonds is 7. The Balaban J connectivity index is 1.46. The molecule has 1 aromatic carbocycles. The van der Waals surface area contributed by atoms with Gasteiger partial charge in [-0.1, -0.05) is 31.4 Å². The summed E-state index contributed by atoms with van der Waals surface area (Å²) in [6.45, 7) is 5.97. The van der Waals surface area contributed by atoms with E-state index in [-0.39, 0.29) is 24.3 Å². The molecule has 2 heterocycles. The Hall–Kier alpha value is -3.42. The van der Waals surface area contributed by atoms with E-state index < -0.39 is 6.04 Å². The third kappa shape index (κ3) is 5.32. The van der Waals surface area contributed by atoms with Crippen LogP contribution in [0.4, 0.5) is 5.69 Å². The first kappa shape index (κ1) is 22.8. The average Bonchev–Trinajstić information content (AvgIpc) is 3.37. The van der Waals surface area contributed by atoms with Crippen LogP contribution in [0.15, 0.2) is 36.7 Å². The van der Waals surface area contributed by atoms with E-state index in [1.54, 1.807) is 17.0 Å². The average molecular weight is 449 g/mol. The highest BCUT2D eigenvalue weighted by molar-refractivity contribution is 5.97. The van der Waals surface area contributed by atoms with E-state index in [0.29, 0.717) is 5.69 Å². The molecule has 3 N–H and O–H groups in total. The number of hydrogen-bond acceptors (Lipinski definition) is 4.